The number of fused-ring (bicyclic) bond motifs is 1. The van der Waals surface area contributed by atoms with Crippen molar-refractivity contribution in [2.24, 2.45) is 7.05 Å². The number of nitrogens with one attached hydrogen (secondary N) is 1. The number of anilines is 3. The monoisotopic (exact) mass is 648 g/mol. The van der Waals surface area contributed by atoms with Crippen molar-refractivity contribution in [3.05, 3.63) is 111 Å². The molecule has 1 amide bonds. The molecule has 1 N–H and O–H groups in total. The second-order valence-corrected chi connectivity index (χ2v) is 11.8. The normalized spacial score (nSPS) is 13.0. The van der Waals surface area contributed by atoms with Crippen molar-refractivity contribution >= 4 is 39.8 Å². The first kappa shape index (κ1) is 32.2. The molecule has 4 heterocycles. The molecule has 1 saturated heterocycles. The molecule has 246 valence electrons. The van der Waals surface area contributed by atoms with Crippen LogP contribution in [-0.4, -0.2) is 71.3 Å². The van der Waals surface area contributed by atoms with E-state index in [1.807, 2.05) is 55.4 Å². The van der Waals surface area contributed by atoms with Crippen LogP contribution < -0.4 is 21.3 Å². The molecule has 0 unspecified atom stereocenters. The lowest BCUT2D eigenvalue weighted by atomic mass is 9.98. The quantitative estimate of drug-likeness (QED) is 0.248. The smallest absolute Gasteiger partial charge is 0.302 e. The van der Waals surface area contributed by atoms with Gasteiger partial charge in [-0.25, -0.2) is 4.98 Å². The number of hydrogen-bond acceptors (Lipinski definition) is 9. The van der Waals surface area contributed by atoms with Crippen LogP contribution in [0.2, 0.25) is 0 Å². The van der Waals surface area contributed by atoms with Gasteiger partial charge in [-0.2, -0.15) is 0 Å². The highest BCUT2D eigenvalue weighted by molar-refractivity contribution is 5.94. The van der Waals surface area contributed by atoms with Gasteiger partial charge in [-0.15, -0.1) is 0 Å². The Hall–Kier alpha value is -5.75. The van der Waals surface area contributed by atoms with Crippen LogP contribution in [0.15, 0.2) is 88.8 Å². The number of benzene rings is 2. The van der Waals surface area contributed by atoms with E-state index in [-0.39, 0.29) is 29.3 Å². The number of nitrogens with zero attached hydrogens (tertiary/aromatic N) is 5. The highest BCUT2D eigenvalue weighted by atomic mass is 16.5. The minimum atomic E-state index is -0.470. The van der Waals surface area contributed by atoms with E-state index < -0.39 is 5.97 Å². The summed E-state index contributed by atoms with van der Waals surface area (Å²) in [6.07, 6.45) is 4.89. The molecule has 1 aliphatic heterocycles. The highest BCUT2D eigenvalue weighted by Crippen LogP contribution is 2.31. The van der Waals surface area contributed by atoms with Crippen molar-refractivity contribution in [2.45, 2.75) is 13.5 Å². The molecular formula is C36H36N6O6. The zero-order valence-electron chi connectivity index (χ0n) is 27.2. The molecule has 1 fully saturated rings. The summed E-state index contributed by atoms with van der Waals surface area (Å²) < 4.78 is 13.8. The minimum absolute atomic E-state index is 0.101. The van der Waals surface area contributed by atoms with Crippen molar-refractivity contribution in [1.82, 2.24) is 19.0 Å². The topological polar surface area (TPSA) is 128 Å². The third kappa shape index (κ3) is 6.56. The Morgan fingerprint density at radius 1 is 1.00 bits per heavy atom. The fourth-order valence-electron chi connectivity index (χ4n) is 5.73. The molecule has 0 radical (unpaired) electrons. The maximum Gasteiger partial charge on any atom is 0.302 e. The van der Waals surface area contributed by atoms with E-state index in [2.05, 4.69) is 10.3 Å². The second-order valence-electron chi connectivity index (χ2n) is 11.8. The average Bonchev–Trinajstić information content (AvgIpc) is 3.09. The van der Waals surface area contributed by atoms with Gasteiger partial charge in [-0.1, -0.05) is 12.1 Å². The molecule has 0 spiro atoms. The third-order valence-electron chi connectivity index (χ3n) is 8.30. The molecule has 0 aliphatic carbocycles. The number of rotatable bonds is 8. The van der Waals surface area contributed by atoms with E-state index >= 15 is 0 Å². The number of esters is 1. The van der Waals surface area contributed by atoms with Crippen LogP contribution in [-0.2, 0) is 27.9 Å². The second kappa shape index (κ2) is 13.5. The van der Waals surface area contributed by atoms with E-state index in [1.165, 1.54) is 17.7 Å². The zero-order valence-corrected chi connectivity index (χ0v) is 27.2. The fraction of sp³-hybridized carbons (Fsp3) is 0.250. The molecular weight excluding hydrogens is 612 g/mol. The number of carbonyl (C=O) groups excluding carboxylic acids is 2. The number of ether oxygens (including phenoxy) is 2. The molecule has 1 aliphatic rings. The number of morpholine rings is 1. The zero-order chi connectivity index (χ0) is 33.9. The van der Waals surface area contributed by atoms with Gasteiger partial charge in [0.1, 0.15) is 18.1 Å². The number of aromatic nitrogens is 3. The summed E-state index contributed by atoms with van der Waals surface area (Å²) in [6.45, 7) is 3.27. The van der Waals surface area contributed by atoms with Crippen LogP contribution in [0.3, 0.4) is 0 Å². The molecule has 0 saturated carbocycles. The molecule has 6 rings (SSSR count). The highest BCUT2D eigenvalue weighted by Gasteiger charge is 2.20. The minimum Gasteiger partial charge on any atom is -0.461 e. The maximum absolute atomic E-state index is 13.8. The number of aryl methyl sites for hydroxylation is 1. The Morgan fingerprint density at radius 3 is 2.50 bits per heavy atom. The summed E-state index contributed by atoms with van der Waals surface area (Å²) in [5.41, 5.74) is 3.60. The summed E-state index contributed by atoms with van der Waals surface area (Å²) in [7, 11) is 5.52. The Morgan fingerprint density at radius 2 is 1.79 bits per heavy atom. The Bertz CT molecular complexity index is 2130. The lowest BCUT2D eigenvalue weighted by molar-refractivity contribution is -0.142. The van der Waals surface area contributed by atoms with Crippen LogP contribution >= 0.6 is 0 Å². The molecule has 3 aromatic heterocycles. The van der Waals surface area contributed by atoms with Crippen molar-refractivity contribution in [1.29, 1.82) is 0 Å². The van der Waals surface area contributed by atoms with E-state index in [4.69, 9.17) is 9.47 Å². The van der Waals surface area contributed by atoms with E-state index in [1.54, 1.807) is 53.2 Å². The molecule has 0 atom stereocenters. The first-order chi connectivity index (χ1) is 23.1. The molecule has 48 heavy (non-hydrogen) atoms. The van der Waals surface area contributed by atoms with E-state index in [9.17, 15) is 19.2 Å². The summed E-state index contributed by atoms with van der Waals surface area (Å²) >= 11 is 0. The number of amides is 1. The lowest BCUT2D eigenvalue weighted by Crippen LogP contribution is -2.40. The van der Waals surface area contributed by atoms with Crippen LogP contribution in [0, 0.1) is 0 Å². The van der Waals surface area contributed by atoms with Crippen LogP contribution in [0.5, 0.6) is 0 Å². The van der Waals surface area contributed by atoms with Crippen LogP contribution in [0.25, 0.3) is 27.6 Å². The fourth-order valence-corrected chi connectivity index (χ4v) is 5.73. The Labute approximate surface area is 276 Å². The van der Waals surface area contributed by atoms with Crippen molar-refractivity contribution in [3.8, 4) is 16.8 Å². The first-order valence-corrected chi connectivity index (χ1v) is 15.5. The van der Waals surface area contributed by atoms with E-state index in [0.717, 1.165) is 11.1 Å². The summed E-state index contributed by atoms with van der Waals surface area (Å²) in [5.74, 6) is -0.210. The lowest BCUT2D eigenvalue weighted by Gasteiger charge is -2.26. The molecule has 12 nitrogen and oxygen atoms in total. The van der Waals surface area contributed by atoms with E-state index in [0.29, 0.717) is 65.4 Å². The standard InChI is InChI=1S/C36H36N6O6/c1-23(43)48-22-30-28(6-5-7-32(30)42-13-12-24-18-27(39(2)3)9-10-29(24)35(42)45)26-19-31(36(46)40(4)21-26)38-33-11-8-25(20-37-33)34(44)41-14-16-47-17-15-41/h5-13,18-21H,14-17,22H2,1-4H3,(H,37,38). The third-order valence-corrected chi connectivity index (χ3v) is 8.30. The van der Waals surface area contributed by atoms with Gasteiger partial charge in [0.2, 0.25) is 0 Å². The number of carbonyl (C=O) groups is 2. The van der Waals surface area contributed by atoms with Gasteiger partial charge in [-0.05, 0) is 59.5 Å². The van der Waals surface area contributed by atoms with Gasteiger partial charge in [0.25, 0.3) is 17.0 Å². The summed E-state index contributed by atoms with van der Waals surface area (Å²) in [6, 6.07) is 18.0. The Balaban J connectivity index is 1.38. The van der Waals surface area contributed by atoms with Gasteiger partial charge in [0, 0.05) is 81.9 Å². The average molecular weight is 649 g/mol. The van der Waals surface area contributed by atoms with Gasteiger partial charge in [0.05, 0.1) is 24.5 Å². The predicted molar refractivity (Wildman–Crippen MR) is 184 cm³/mol. The van der Waals surface area contributed by atoms with Crippen LogP contribution in [0.1, 0.15) is 22.8 Å². The largest absolute Gasteiger partial charge is 0.461 e. The molecule has 5 aromatic rings. The first-order valence-electron chi connectivity index (χ1n) is 15.5. The maximum atomic E-state index is 13.8. The number of hydrogen-bond donors (Lipinski definition) is 1. The van der Waals surface area contributed by atoms with Crippen molar-refractivity contribution in [2.75, 3.05) is 50.6 Å². The predicted octanol–water partition coefficient (Wildman–Crippen LogP) is 4.10. The van der Waals surface area contributed by atoms with Gasteiger partial charge in [0.15, 0.2) is 0 Å². The van der Waals surface area contributed by atoms with Gasteiger partial charge < -0.3 is 29.2 Å². The Kier molecular flexibility index (Phi) is 9.08. The van der Waals surface area contributed by atoms with Crippen LogP contribution in [0.4, 0.5) is 17.2 Å². The summed E-state index contributed by atoms with van der Waals surface area (Å²) in [5, 5.41) is 4.45. The van der Waals surface area contributed by atoms with Crippen molar-refractivity contribution < 1.29 is 19.1 Å². The molecule has 0 bridgehead atoms. The van der Waals surface area contributed by atoms with Gasteiger partial charge in [-0.3, -0.25) is 23.7 Å². The SMILES string of the molecule is CC(=O)OCc1c(-c2cc(Nc3ccc(C(=O)N4CCOCC4)cn3)c(=O)n(C)c2)cccc1-n1ccc2cc(N(C)C)ccc2c1=O. The van der Waals surface area contributed by atoms with Gasteiger partial charge >= 0.3 is 5.97 Å². The molecule has 12 heteroatoms. The number of pyridine rings is 3. The van der Waals surface area contributed by atoms with Crippen molar-refractivity contribution in [3.63, 3.8) is 0 Å². The summed E-state index contributed by atoms with van der Waals surface area (Å²) in [4.78, 5) is 60.0. The molecule has 2 aromatic carbocycles.